The van der Waals surface area contributed by atoms with Gasteiger partial charge >= 0.3 is 24.0 Å². The van der Waals surface area contributed by atoms with Gasteiger partial charge in [0.25, 0.3) is 0 Å². The largest absolute Gasteiger partial charge is 0.463 e. The van der Waals surface area contributed by atoms with Crippen molar-refractivity contribution >= 4 is 35.8 Å². The van der Waals surface area contributed by atoms with Crippen molar-refractivity contribution in [3.63, 3.8) is 0 Å². The first-order valence-electron chi connectivity index (χ1n) is 13.3. The zero-order valence-corrected chi connectivity index (χ0v) is 24.8. The summed E-state index contributed by atoms with van der Waals surface area (Å²) < 4.78 is 27.2. The highest BCUT2D eigenvalue weighted by Crippen LogP contribution is 2.26. The van der Waals surface area contributed by atoms with E-state index in [1.54, 1.807) is 51.1 Å². The van der Waals surface area contributed by atoms with Crippen LogP contribution in [0.5, 0.6) is 0 Å². The van der Waals surface area contributed by atoms with Gasteiger partial charge in [-0.3, -0.25) is 24.0 Å². The maximum atomic E-state index is 13.7. The first-order chi connectivity index (χ1) is 19.6. The van der Waals surface area contributed by atoms with Crippen molar-refractivity contribution in [1.82, 2.24) is 16.0 Å². The molecule has 1 heterocycles. The molecule has 6 atom stereocenters. The van der Waals surface area contributed by atoms with Gasteiger partial charge in [0.1, 0.15) is 30.4 Å². The summed E-state index contributed by atoms with van der Waals surface area (Å²) in [4.78, 5) is 74.0. The Hall–Kier alpha value is -4.20. The summed E-state index contributed by atoms with van der Waals surface area (Å²) in [6.45, 7) is 9.15. The number of alkyl carbamates (subject to hydrolysis) is 1. The van der Waals surface area contributed by atoms with Gasteiger partial charge in [-0.25, -0.2) is 4.79 Å². The normalized spacial score (nSPS) is 22.5. The molecule has 1 aliphatic rings. The number of carbonyl (C=O) groups is 6. The van der Waals surface area contributed by atoms with Crippen LogP contribution in [-0.4, -0.2) is 84.6 Å². The van der Waals surface area contributed by atoms with E-state index in [-0.39, 0.29) is 6.42 Å². The lowest BCUT2D eigenvalue weighted by Crippen LogP contribution is -2.70. The SMILES string of the molecule is CC(=O)N[C@@H]1[C@@H](OC(C)=O)[C@H](OC(C)=O)[C@@H](COC(C)=O)O[C@H]1NC(=O)C(Cc1ccccc1)NC(=O)OC(C)(C)C. The predicted octanol–water partition coefficient (Wildman–Crippen LogP) is 0.895. The Morgan fingerprint density at radius 2 is 1.45 bits per heavy atom. The van der Waals surface area contributed by atoms with Crippen molar-refractivity contribution in [3.05, 3.63) is 35.9 Å². The Morgan fingerprint density at radius 1 is 0.857 bits per heavy atom. The molecule has 42 heavy (non-hydrogen) atoms. The topological polar surface area (TPSA) is 185 Å². The monoisotopic (exact) mass is 593 g/mol. The lowest BCUT2D eigenvalue weighted by Gasteiger charge is -2.45. The second-order valence-corrected chi connectivity index (χ2v) is 10.7. The van der Waals surface area contributed by atoms with Crippen LogP contribution in [0.3, 0.4) is 0 Å². The summed E-state index contributed by atoms with van der Waals surface area (Å²) in [6, 6.07) is 6.45. The maximum Gasteiger partial charge on any atom is 0.408 e. The molecule has 1 fully saturated rings. The fourth-order valence-corrected chi connectivity index (χ4v) is 4.20. The Balaban J connectivity index is 2.46. The summed E-state index contributed by atoms with van der Waals surface area (Å²) in [5.74, 6) is -3.52. The summed E-state index contributed by atoms with van der Waals surface area (Å²) in [7, 11) is 0. The molecule has 0 aliphatic carbocycles. The molecular formula is C28H39N3O11. The average molecular weight is 594 g/mol. The number of benzene rings is 1. The van der Waals surface area contributed by atoms with Crippen LogP contribution in [0.15, 0.2) is 30.3 Å². The minimum absolute atomic E-state index is 0.0593. The molecule has 14 heteroatoms. The fraction of sp³-hybridized carbons (Fsp3) is 0.571. The third kappa shape index (κ3) is 11.4. The van der Waals surface area contributed by atoms with E-state index in [0.717, 1.165) is 26.3 Å². The number of rotatable bonds is 10. The fourth-order valence-electron chi connectivity index (χ4n) is 4.20. The van der Waals surface area contributed by atoms with Crippen LogP contribution in [0.1, 0.15) is 54.0 Å². The van der Waals surface area contributed by atoms with Gasteiger partial charge in [-0.05, 0) is 26.3 Å². The molecule has 1 aromatic rings. The number of hydrogen-bond acceptors (Lipinski definition) is 11. The molecule has 1 saturated heterocycles. The van der Waals surface area contributed by atoms with E-state index in [4.69, 9.17) is 23.7 Å². The van der Waals surface area contributed by atoms with Crippen molar-refractivity contribution in [3.8, 4) is 0 Å². The van der Waals surface area contributed by atoms with E-state index >= 15 is 0 Å². The second-order valence-electron chi connectivity index (χ2n) is 10.7. The highest BCUT2D eigenvalue weighted by molar-refractivity contribution is 5.86. The zero-order chi connectivity index (χ0) is 31.6. The molecule has 1 aliphatic heterocycles. The van der Waals surface area contributed by atoms with Crippen molar-refractivity contribution in [2.24, 2.45) is 0 Å². The van der Waals surface area contributed by atoms with Gasteiger partial charge in [-0.15, -0.1) is 0 Å². The van der Waals surface area contributed by atoms with Crippen molar-refractivity contribution in [1.29, 1.82) is 0 Å². The molecule has 1 aromatic carbocycles. The van der Waals surface area contributed by atoms with Crippen LogP contribution in [0.25, 0.3) is 0 Å². The van der Waals surface area contributed by atoms with Gasteiger partial charge in [-0.1, -0.05) is 30.3 Å². The number of nitrogens with one attached hydrogen (secondary N) is 3. The van der Waals surface area contributed by atoms with E-state index in [1.165, 1.54) is 6.92 Å². The molecule has 14 nitrogen and oxygen atoms in total. The van der Waals surface area contributed by atoms with Crippen LogP contribution >= 0.6 is 0 Å². The highest BCUT2D eigenvalue weighted by atomic mass is 16.6. The van der Waals surface area contributed by atoms with Crippen LogP contribution in [0.2, 0.25) is 0 Å². The summed E-state index contributed by atoms with van der Waals surface area (Å²) in [5, 5.41) is 7.77. The minimum atomic E-state index is -1.39. The average Bonchev–Trinajstić information content (AvgIpc) is 2.84. The van der Waals surface area contributed by atoms with E-state index < -0.39 is 84.6 Å². The smallest absolute Gasteiger partial charge is 0.408 e. The van der Waals surface area contributed by atoms with E-state index in [1.807, 2.05) is 0 Å². The number of amides is 3. The lowest BCUT2D eigenvalue weighted by atomic mass is 9.94. The van der Waals surface area contributed by atoms with Crippen molar-refractivity contribution < 1.29 is 52.5 Å². The highest BCUT2D eigenvalue weighted by Gasteiger charge is 2.51. The first-order valence-corrected chi connectivity index (χ1v) is 13.3. The summed E-state index contributed by atoms with van der Waals surface area (Å²) in [6.07, 6.45) is -6.08. The molecule has 3 amide bonds. The molecule has 0 spiro atoms. The number of esters is 3. The van der Waals surface area contributed by atoms with Crippen molar-refractivity contribution in [2.45, 2.75) is 97.1 Å². The Kier molecular flexibility index (Phi) is 12.3. The third-order valence-electron chi connectivity index (χ3n) is 5.69. The molecular weight excluding hydrogens is 554 g/mol. The van der Waals surface area contributed by atoms with E-state index in [0.29, 0.717) is 0 Å². The lowest BCUT2D eigenvalue weighted by molar-refractivity contribution is -0.228. The molecule has 0 bridgehead atoms. The quantitative estimate of drug-likeness (QED) is 0.259. The van der Waals surface area contributed by atoms with E-state index in [2.05, 4.69) is 16.0 Å². The van der Waals surface area contributed by atoms with Crippen LogP contribution in [-0.2, 0) is 54.1 Å². The maximum absolute atomic E-state index is 13.7. The van der Waals surface area contributed by atoms with Gasteiger partial charge in [0.15, 0.2) is 18.4 Å². The minimum Gasteiger partial charge on any atom is -0.463 e. The van der Waals surface area contributed by atoms with Gasteiger partial charge in [0.05, 0.1) is 0 Å². The molecule has 2 rings (SSSR count). The van der Waals surface area contributed by atoms with Gasteiger partial charge < -0.3 is 39.6 Å². The van der Waals surface area contributed by atoms with Crippen LogP contribution < -0.4 is 16.0 Å². The summed E-state index contributed by atoms with van der Waals surface area (Å²) >= 11 is 0. The Bertz CT molecular complexity index is 1140. The van der Waals surface area contributed by atoms with Gasteiger partial charge in [-0.2, -0.15) is 0 Å². The molecule has 1 unspecified atom stereocenters. The first kappa shape index (κ1) is 34.0. The van der Waals surface area contributed by atoms with Gasteiger partial charge in [0, 0.05) is 34.1 Å². The number of carbonyl (C=O) groups excluding carboxylic acids is 6. The number of hydrogen-bond donors (Lipinski definition) is 3. The van der Waals surface area contributed by atoms with Crippen LogP contribution in [0.4, 0.5) is 4.79 Å². The molecule has 232 valence electrons. The zero-order valence-electron chi connectivity index (χ0n) is 24.8. The second kappa shape index (κ2) is 15.1. The van der Waals surface area contributed by atoms with Gasteiger partial charge in [0.2, 0.25) is 11.8 Å². The molecule has 0 aromatic heterocycles. The Labute approximate surface area is 244 Å². The Morgan fingerprint density at radius 3 is 1.98 bits per heavy atom. The third-order valence-corrected chi connectivity index (χ3v) is 5.69. The predicted molar refractivity (Wildman–Crippen MR) is 145 cm³/mol. The van der Waals surface area contributed by atoms with E-state index in [9.17, 15) is 28.8 Å². The van der Waals surface area contributed by atoms with Crippen molar-refractivity contribution in [2.75, 3.05) is 6.61 Å². The molecule has 0 saturated carbocycles. The molecule has 3 N–H and O–H groups in total. The molecule has 0 radical (unpaired) electrons. The van der Waals surface area contributed by atoms with Crippen LogP contribution in [0, 0.1) is 0 Å². The standard InChI is InChI=1S/C28H39N3O11/c1-15(32)29-22-24(40-18(4)35)23(39-17(3)34)21(14-38-16(2)33)41-26(22)31-25(36)20(13-19-11-9-8-10-12-19)30-27(37)42-28(5,6)7/h8-12,20-24,26H,13-14H2,1-7H3,(H,29,32)(H,30,37)(H,31,36)/t20?,21-,22-,23-,24-,26-/m1/s1. The summed E-state index contributed by atoms with van der Waals surface area (Å²) in [5.41, 5.74) is -0.120. The number of ether oxygens (including phenoxy) is 5.